The average molecular weight is 528 g/mol. The van der Waals surface area contributed by atoms with Crippen LogP contribution in [0.1, 0.15) is 59.3 Å². The highest BCUT2D eigenvalue weighted by Gasteiger charge is 2.37. The summed E-state index contributed by atoms with van der Waals surface area (Å²) in [5, 5.41) is 0. The molecule has 3 aromatic carbocycles. The number of para-hydroxylation sites is 2. The summed E-state index contributed by atoms with van der Waals surface area (Å²) in [4.78, 5) is 0. The minimum Gasteiger partial charge on any atom is -0.487 e. The van der Waals surface area contributed by atoms with Gasteiger partial charge in [-0.05, 0) is 49.6 Å². The van der Waals surface area contributed by atoms with Gasteiger partial charge in [0.05, 0.1) is 19.6 Å². The Hall–Kier alpha value is -3.13. The summed E-state index contributed by atoms with van der Waals surface area (Å²) in [6.45, 7) is 8.85. The SMILES string of the molecule is CCCC[N+](CCCC)(CCCC)c1cccc(OB(Oc2ccccc2F)Oc2ccccc2F)c1F. The van der Waals surface area contributed by atoms with Crippen molar-refractivity contribution in [2.45, 2.75) is 59.3 Å². The lowest BCUT2D eigenvalue weighted by Gasteiger charge is -2.39. The summed E-state index contributed by atoms with van der Waals surface area (Å²) in [6, 6.07) is 16.5. The third-order valence-corrected chi connectivity index (χ3v) is 6.62. The maximum absolute atomic E-state index is 16.2. The number of unbranched alkanes of at least 4 members (excludes halogenated alkanes) is 3. The van der Waals surface area contributed by atoms with Crippen LogP contribution >= 0.6 is 0 Å². The maximum atomic E-state index is 16.2. The van der Waals surface area contributed by atoms with Gasteiger partial charge < -0.3 is 14.0 Å². The molecule has 8 heteroatoms. The van der Waals surface area contributed by atoms with Gasteiger partial charge in [0.2, 0.25) is 5.82 Å². The Labute approximate surface area is 225 Å². The quantitative estimate of drug-likeness (QED) is 0.138. The molecule has 3 rings (SSSR count). The van der Waals surface area contributed by atoms with Crippen LogP contribution < -0.4 is 18.4 Å². The standard InChI is InChI=1S/C30H38BF3NO3/c1-4-7-21-35(22-8-5-2,23-9-6-3)26-17-14-20-29(30(26)34)38-31(36-27-18-12-10-15-24(27)32)37-28-19-13-11-16-25(28)33/h10-20H,4-9,21-23H2,1-3H3/q+1. The van der Waals surface area contributed by atoms with Gasteiger partial charge in [0, 0.05) is 6.07 Å². The Morgan fingerprint density at radius 1 is 0.579 bits per heavy atom. The van der Waals surface area contributed by atoms with Crippen molar-refractivity contribution in [2.24, 2.45) is 0 Å². The average Bonchev–Trinajstić information content (AvgIpc) is 2.92. The van der Waals surface area contributed by atoms with Crippen LogP contribution in [0.2, 0.25) is 0 Å². The lowest BCUT2D eigenvalue weighted by molar-refractivity contribution is 0.247. The second-order valence-electron chi connectivity index (χ2n) is 9.47. The Morgan fingerprint density at radius 3 is 1.45 bits per heavy atom. The third-order valence-electron chi connectivity index (χ3n) is 6.62. The van der Waals surface area contributed by atoms with E-state index < -0.39 is 24.8 Å². The van der Waals surface area contributed by atoms with E-state index in [-0.39, 0.29) is 17.2 Å². The molecule has 0 aromatic heterocycles. The highest BCUT2D eigenvalue weighted by atomic mass is 19.1. The second kappa shape index (κ2) is 14.7. The van der Waals surface area contributed by atoms with Crippen LogP contribution in [0.5, 0.6) is 17.2 Å². The van der Waals surface area contributed by atoms with Crippen molar-refractivity contribution < 1.29 is 27.1 Å². The number of rotatable bonds is 16. The van der Waals surface area contributed by atoms with E-state index in [1.807, 2.05) is 6.07 Å². The summed E-state index contributed by atoms with van der Waals surface area (Å²) in [5.41, 5.74) is 0.549. The van der Waals surface area contributed by atoms with Gasteiger partial charge in [-0.2, -0.15) is 4.39 Å². The van der Waals surface area contributed by atoms with Crippen LogP contribution in [-0.4, -0.2) is 27.0 Å². The molecule has 0 bridgehead atoms. The number of quaternary nitrogens is 1. The van der Waals surface area contributed by atoms with Crippen molar-refractivity contribution >= 4 is 13.0 Å². The molecular formula is C30H38BF3NO3+. The van der Waals surface area contributed by atoms with Crippen LogP contribution in [0.3, 0.4) is 0 Å². The van der Waals surface area contributed by atoms with Crippen molar-refractivity contribution in [3.63, 3.8) is 0 Å². The topological polar surface area (TPSA) is 27.7 Å². The molecule has 0 atom stereocenters. The summed E-state index contributed by atoms with van der Waals surface area (Å²) in [5.74, 6) is -2.25. The highest BCUT2D eigenvalue weighted by Crippen LogP contribution is 2.35. The second-order valence-corrected chi connectivity index (χ2v) is 9.47. The first-order chi connectivity index (χ1) is 18.4. The van der Waals surface area contributed by atoms with E-state index in [4.69, 9.17) is 14.0 Å². The molecule has 0 heterocycles. The fourth-order valence-corrected chi connectivity index (χ4v) is 4.50. The Bertz CT molecular complexity index is 1080. The van der Waals surface area contributed by atoms with Crippen LogP contribution in [-0.2, 0) is 0 Å². The minimum atomic E-state index is -1.64. The van der Waals surface area contributed by atoms with E-state index >= 15 is 4.39 Å². The largest absolute Gasteiger partial charge is 0.864 e. The summed E-state index contributed by atoms with van der Waals surface area (Å²) in [6.07, 6.45) is 5.91. The fraction of sp³-hybridized carbons (Fsp3) is 0.400. The molecule has 4 nitrogen and oxygen atoms in total. The monoisotopic (exact) mass is 528 g/mol. The van der Waals surface area contributed by atoms with Crippen LogP contribution in [0.15, 0.2) is 66.7 Å². The zero-order chi connectivity index (χ0) is 27.4. The van der Waals surface area contributed by atoms with Gasteiger partial charge in [-0.1, -0.05) is 70.4 Å². The number of hydrogen-bond acceptors (Lipinski definition) is 3. The van der Waals surface area contributed by atoms with Crippen molar-refractivity contribution in [1.29, 1.82) is 0 Å². The first-order valence-electron chi connectivity index (χ1n) is 13.6. The Balaban J connectivity index is 1.99. The van der Waals surface area contributed by atoms with Gasteiger partial charge in [0.15, 0.2) is 17.3 Å². The van der Waals surface area contributed by atoms with Crippen LogP contribution in [0.4, 0.5) is 18.9 Å². The van der Waals surface area contributed by atoms with Gasteiger partial charge in [-0.25, -0.2) is 8.78 Å². The molecule has 0 radical (unpaired) electrons. The number of nitrogens with zero attached hydrogens (tertiary/aromatic N) is 1. The van der Waals surface area contributed by atoms with Gasteiger partial charge >= 0.3 is 7.32 Å². The summed E-state index contributed by atoms with van der Waals surface area (Å²) >= 11 is 0. The van der Waals surface area contributed by atoms with Crippen molar-refractivity contribution in [3.8, 4) is 17.2 Å². The van der Waals surface area contributed by atoms with E-state index in [9.17, 15) is 8.78 Å². The summed E-state index contributed by atoms with van der Waals surface area (Å²) < 4.78 is 62.6. The molecule has 0 fully saturated rings. The molecular weight excluding hydrogens is 490 g/mol. The van der Waals surface area contributed by atoms with E-state index in [0.717, 1.165) is 58.2 Å². The molecule has 0 aliphatic heterocycles. The van der Waals surface area contributed by atoms with Gasteiger partial charge in [-0.15, -0.1) is 0 Å². The van der Waals surface area contributed by atoms with Crippen molar-refractivity contribution in [2.75, 3.05) is 19.6 Å². The van der Waals surface area contributed by atoms with E-state index in [1.165, 1.54) is 42.5 Å². The minimum absolute atomic E-state index is 0.104. The Kier molecular flexibility index (Phi) is 11.4. The smallest absolute Gasteiger partial charge is 0.487 e. The molecule has 0 unspecified atom stereocenters. The summed E-state index contributed by atoms with van der Waals surface area (Å²) in [7, 11) is -1.64. The fourth-order valence-electron chi connectivity index (χ4n) is 4.50. The normalized spacial score (nSPS) is 11.3. The molecule has 0 spiro atoms. The lowest BCUT2D eigenvalue weighted by Crippen LogP contribution is -2.52. The molecule has 0 aliphatic carbocycles. The molecule has 3 aromatic rings. The predicted molar refractivity (Wildman–Crippen MR) is 148 cm³/mol. The maximum Gasteiger partial charge on any atom is 0.864 e. The van der Waals surface area contributed by atoms with Gasteiger partial charge in [0.1, 0.15) is 17.2 Å². The van der Waals surface area contributed by atoms with Crippen LogP contribution in [0, 0.1) is 17.5 Å². The van der Waals surface area contributed by atoms with Gasteiger partial charge in [0.25, 0.3) is 0 Å². The first-order valence-corrected chi connectivity index (χ1v) is 13.6. The Morgan fingerprint density at radius 2 is 1.00 bits per heavy atom. The predicted octanol–water partition coefficient (Wildman–Crippen LogP) is 8.33. The molecule has 0 saturated carbocycles. The number of halogens is 3. The number of hydrogen-bond donors (Lipinski definition) is 0. The molecule has 38 heavy (non-hydrogen) atoms. The van der Waals surface area contributed by atoms with E-state index in [2.05, 4.69) is 20.8 Å². The lowest BCUT2D eigenvalue weighted by atomic mass is 10.1. The molecule has 0 saturated heterocycles. The highest BCUT2D eigenvalue weighted by molar-refractivity contribution is 6.39. The zero-order valence-electron chi connectivity index (χ0n) is 22.6. The zero-order valence-corrected chi connectivity index (χ0v) is 22.6. The first kappa shape index (κ1) is 29.4. The van der Waals surface area contributed by atoms with Crippen molar-refractivity contribution in [1.82, 2.24) is 4.48 Å². The molecule has 0 aliphatic rings. The van der Waals surface area contributed by atoms with Crippen molar-refractivity contribution in [3.05, 3.63) is 84.2 Å². The van der Waals surface area contributed by atoms with E-state index in [1.54, 1.807) is 18.2 Å². The molecule has 0 amide bonds. The number of benzene rings is 3. The third kappa shape index (κ3) is 7.70. The molecule has 204 valence electrons. The van der Waals surface area contributed by atoms with Gasteiger partial charge in [-0.3, -0.25) is 4.48 Å². The van der Waals surface area contributed by atoms with E-state index in [0.29, 0.717) is 10.2 Å². The molecule has 0 N–H and O–H groups in total. The van der Waals surface area contributed by atoms with Crippen LogP contribution in [0.25, 0.3) is 0 Å².